The van der Waals surface area contributed by atoms with E-state index in [4.69, 9.17) is 4.42 Å². The molecule has 4 rings (SSSR count). The third-order valence-electron chi connectivity index (χ3n) is 4.09. The molecule has 0 aliphatic rings. The van der Waals surface area contributed by atoms with Gasteiger partial charge in [0.05, 0.1) is 5.75 Å². The molecule has 3 aromatic carbocycles. The van der Waals surface area contributed by atoms with Crippen LogP contribution in [0.25, 0.3) is 11.5 Å². The highest BCUT2D eigenvalue weighted by atomic mass is 79.9. The molecule has 0 aliphatic carbocycles. The van der Waals surface area contributed by atoms with Gasteiger partial charge in [0.25, 0.3) is 5.22 Å². The molecule has 0 unspecified atom stereocenters. The van der Waals surface area contributed by atoms with Gasteiger partial charge in [-0.25, -0.2) is 0 Å². The lowest BCUT2D eigenvalue weighted by atomic mass is 10.2. The van der Waals surface area contributed by atoms with Crippen molar-refractivity contribution in [3.8, 4) is 11.5 Å². The maximum Gasteiger partial charge on any atom is 0.277 e. The summed E-state index contributed by atoms with van der Waals surface area (Å²) in [6.07, 6.45) is 0. The van der Waals surface area contributed by atoms with Crippen LogP contribution in [0.3, 0.4) is 0 Å². The van der Waals surface area contributed by atoms with E-state index in [1.54, 1.807) is 4.90 Å². The molecule has 0 N–H and O–H groups in total. The van der Waals surface area contributed by atoms with Gasteiger partial charge in [-0.1, -0.05) is 64.1 Å². The summed E-state index contributed by atoms with van der Waals surface area (Å²) in [4.78, 5) is 14.7. The summed E-state index contributed by atoms with van der Waals surface area (Å²) in [7, 11) is 0. The molecule has 5 nitrogen and oxygen atoms in total. The Balaban J connectivity index is 1.49. The first-order chi connectivity index (χ1) is 14.2. The standard InChI is InChI=1S/C22H16BrN3O2S/c23-17-13-11-16(12-14-17)21-24-25-22(28-21)29-15-20(27)26(18-7-3-1-4-8-18)19-9-5-2-6-10-19/h1-14H,15H2. The van der Waals surface area contributed by atoms with Crippen LogP contribution in [0.15, 0.2) is 99.0 Å². The molecule has 1 aromatic heterocycles. The van der Waals surface area contributed by atoms with Crippen molar-refractivity contribution in [2.75, 3.05) is 10.7 Å². The molecule has 0 atom stereocenters. The van der Waals surface area contributed by atoms with Gasteiger partial charge in [0, 0.05) is 21.4 Å². The highest BCUT2D eigenvalue weighted by Crippen LogP contribution is 2.28. The molecular formula is C22H16BrN3O2S. The first-order valence-corrected chi connectivity index (χ1v) is 10.6. The zero-order valence-electron chi connectivity index (χ0n) is 15.2. The fraction of sp³-hybridized carbons (Fsp3) is 0.0455. The fourth-order valence-electron chi connectivity index (χ4n) is 2.76. The maximum atomic E-state index is 13.0. The first kappa shape index (κ1) is 19.4. The molecule has 0 spiro atoms. The highest BCUT2D eigenvalue weighted by Gasteiger charge is 2.19. The van der Waals surface area contributed by atoms with E-state index in [1.165, 1.54) is 11.8 Å². The number of anilines is 2. The molecule has 0 fully saturated rings. The third-order valence-corrected chi connectivity index (χ3v) is 5.43. The van der Waals surface area contributed by atoms with Gasteiger partial charge in [0.2, 0.25) is 11.8 Å². The largest absolute Gasteiger partial charge is 0.411 e. The van der Waals surface area contributed by atoms with E-state index >= 15 is 0 Å². The Kier molecular flexibility index (Phi) is 6.07. The zero-order chi connectivity index (χ0) is 20.1. The van der Waals surface area contributed by atoms with Crippen LogP contribution < -0.4 is 4.90 Å². The van der Waals surface area contributed by atoms with Crippen molar-refractivity contribution in [2.24, 2.45) is 0 Å². The van der Waals surface area contributed by atoms with Gasteiger partial charge in [-0.2, -0.15) is 0 Å². The average molecular weight is 466 g/mol. The minimum atomic E-state index is -0.0733. The number of thioether (sulfide) groups is 1. The second-order valence-electron chi connectivity index (χ2n) is 6.07. The minimum absolute atomic E-state index is 0.0733. The van der Waals surface area contributed by atoms with Crippen molar-refractivity contribution in [1.82, 2.24) is 10.2 Å². The number of hydrogen-bond donors (Lipinski definition) is 0. The van der Waals surface area contributed by atoms with Gasteiger partial charge < -0.3 is 4.42 Å². The van der Waals surface area contributed by atoms with Crippen LogP contribution >= 0.6 is 27.7 Å². The van der Waals surface area contributed by atoms with E-state index in [-0.39, 0.29) is 11.7 Å². The van der Waals surface area contributed by atoms with E-state index < -0.39 is 0 Å². The van der Waals surface area contributed by atoms with E-state index in [2.05, 4.69) is 26.1 Å². The van der Waals surface area contributed by atoms with Gasteiger partial charge in [0.1, 0.15) is 0 Å². The number of hydrogen-bond acceptors (Lipinski definition) is 5. The van der Waals surface area contributed by atoms with Gasteiger partial charge in [0.15, 0.2) is 0 Å². The molecule has 4 aromatic rings. The normalized spacial score (nSPS) is 10.7. The summed E-state index contributed by atoms with van der Waals surface area (Å²) >= 11 is 4.63. The maximum absolute atomic E-state index is 13.0. The number of carbonyl (C=O) groups excluding carboxylic acids is 1. The second kappa shape index (κ2) is 9.07. The first-order valence-electron chi connectivity index (χ1n) is 8.86. The van der Waals surface area contributed by atoms with Crippen molar-refractivity contribution >= 4 is 45.0 Å². The third kappa shape index (κ3) is 4.75. The van der Waals surface area contributed by atoms with Crippen LogP contribution in [0, 0.1) is 0 Å². The molecule has 0 bridgehead atoms. The van der Waals surface area contributed by atoms with Gasteiger partial charge in [-0.3, -0.25) is 9.69 Å². The predicted molar refractivity (Wildman–Crippen MR) is 118 cm³/mol. The molecule has 0 aliphatic heterocycles. The van der Waals surface area contributed by atoms with E-state index in [9.17, 15) is 4.79 Å². The van der Waals surface area contributed by atoms with Crippen LogP contribution in [-0.4, -0.2) is 21.9 Å². The molecule has 7 heteroatoms. The lowest BCUT2D eigenvalue weighted by Gasteiger charge is -2.22. The number of nitrogens with zero attached hydrogens (tertiary/aromatic N) is 3. The van der Waals surface area contributed by atoms with Crippen molar-refractivity contribution in [1.29, 1.82) is 0 Å². The Hall–Kier alpha value is -2.90. The number of rotatable bonds is 6. The lowest BCUT2D eigenvalue weighted by Crippen LogP contribution is -2.27. The van der Waals surface area contributed by atoms with E-state index in [0.29, 0.717) is 11.1 Å². The number of para-hydroxylation sites is 2. The van der Waals surface area contributed by atoms with Crippen molar-refractivity contribution in [3.63, 3.8) is 0 Å². The van der Waals surface area contributed by atoms with Gasteiger partial charge >= 0.3 is 0 Å². The average Bonchev–Trinajstić information content (AvgIpc) is 3.24. The van der Waals surface area contributed by atoms with Crippen molar-refractivity contribution in [3.05, 3.63) is 89.4 Å². The van der Waals surface area contributed by atoms with E-state index in [1.807, 2.05) is 84.9 Å². The number of benzene rings is 3. The van der Waals surface area contributed by atoms with Crippen LogP contribution in [0.5, 0.6) is 0 Å². The van der Waals surface area contributed by atoms with Crippen LogP contribution in [0.2, 0.25) is 0 Å². The van der Waals surface area contributed by atoms with Crippen LogP contribution in [0.4, 0.5) is 11.4 Å². The second-order valence-corrected chi connectivity index (χ2v) is 7.91. The summed E-state index contributed by atoms with van der Waals surface area (Å²) < 4.78 is 6.68. The molecular weight excluding hydrogens is 450 g/mol. The summed E-state index contributed by atoms with van der Waals surface area (Å²) in [5.41, 5.74) is 2.45. The summed E-state index contributed by atoms with van der Waals surface area (Å²) in [5.74, 6) is 0.525. The summed E-state index contributed by atoms with van der Waals surface area (Å²) in [6, 6.07) is 26.7. The van der Waals surface area contributed by atoms with Crippen LogP contribution in [0.1, 0.15) is 0 Å². The zero-order valence-corrected chi connectivity index (χ0v) is 17.6. The molecule has 1 amide bonds. The molecule has 1 heterocycles. The number of carbonyl (C=O) groups is 1. The van der Waals surface area contributed by atoms with Crippen molar-refractivity contribution in [2.45, 2.75) is 5.22 Å². The fourth-order valence-corrected chi connectivity index (χ4v) is 3.63. The molecule has 144 valence electrons. The molecule has 0 saturated carbocycles. The Bertz CT molecular complexity index is 1050. The molecule has 0 saturated heterocycles. The smallest absolute Gasteiger partial charge is 0.277 e. The SMILES string of the molecule is O=C(CSc1nnc(-c2ccc(Br)cc2)o1)N(c1ccccc1)c1ccccc1. The minimum Gasteiger partial charge on any atom is -0.411 e. The topological polar surface area (TPSA) is 59.2 Å². The number of aromatic nitrogens is 2. The predicted octanol–water partition coefficient (Wildman–Crippen LogP) is 5.96. The Morgan fingerprint density at radius 3 is 2.03 bits per heavy atom. The highest BCUT2D eigenvalue weighted by molar-refractivity contribution is 9.10. The molecule has 0 radical (unpaired) electrons. The number of halogens is 1. The quantitative estimate of drug-likeness (QED) is 0.329. The monoisotopic (exact) mass is 465 g/mol. The van der Waals surface area contributed by atoms with Gasteiger partial charge in [-0.15, -0.1) is 10.2 Å². The lowest BCUT2D eigenvalue weighted by molar-refractivity contribution is -0.115. The van der Waals surface area contributed by atoms with E-state index in [0.717, 1.165) is 21.4 Å². The summed E-state index contributed by atoms with van der Waals surface area (Å²) in [6.45, 7) is 0. The summed E-state index contributed by atoms with van der Waals surface area (Å²) in [5, 5.41) is 8.49. The van der Waals surface area contributed by atoms with Crippen molar-refractivity contribution < 1.29 is 9.21 Å². The van der Waals surface area contributed by atoms with Gasteiger partial charge in [-0.05, 0) is 48.5 Å². The number of amides is 1. The Labute approximate surface area is 180 Å². The van der Waals surface area contributed by atoms with Crippen LogP contribution in [-0.2, 0) is 4.79 Å². The molecule has 29 heavy (non-hydrogen) atoms. The Morgan fingerprint density at radius 1 is 0.862 bits per heavy atom. The Morgan fingerprint density at radius 2 is 1.45 bits per heavy atom.